The van der Waals surface area contributed by atoms with Crippen LogP contribution in [0, 0.1) is 6.92 Å². The summed E-state index contributed by atoms with van der Waals surface area (Å²) < 4.78 is 5.94. The van der Waals surface area contributed by atoms with Gasteiger partial charge in [-0.3, -0.25) is 9.59 Å². The fourth-order valence-corrected chi connectivity index (χ4v) is 3.87. The first-order chi connectivity index (χ1) is 17.4. The minimum atomic E-state index is -0.255. The first-order valence-corrected chi connectivity index (χ1v) is 11.8. The summed E-state index contributed by atoms with van der Waals surface area (Å²) in [6.45, 7) is 1.91. The summed E-state index contributed by atoms with van der Waals surface area (Å²) in [5, 5.41) is 6.91. The van der Waals surface area contributed by atoms with Gasteiger partial charge in [-0.05, 0) is 91.3 Å². The molecule has 0 aliphatic rings. The second-order valence-electron chi connectivity index (χ2n) is 8.15. The monoisotopic (exact) mass is 515 g/mol. The predicted octanol–water partition coefficient (Wildman–Crippen LogP) is 7.61. The van der Waals surface area contributed by atoms with E-state index in [1.807, 2.05) is 25.1 Å². The molecule has 0 atom stereocenters. The average Bonchev–Trinajstić information content (AvgIpc) is 3.29. The molecule has 2 amide bonds. The number of hydrogen-bond donors (Lipinski definition) is 2. The standard InChI is InChI=1S/C28H19Cl2N3O3/c1-16-2-3-19(14-23(16)32-27(35)18-6-10-21(30)11-7-18)28-33-24-15-22(12-13-25(24)36-28)31-26(34)17-4-8-20(29)9-5-17/h2-15H,1H3,(H,31,34)(H,32,35). The number of hydrogen-bond acceptors (Lipinski definition) is 4. The van der Waals surface area contributed by atoms with E-state index < -0.39 is 0 Å². The van der Waals surface area contributed by atoms with Crippen LogP contribution in [0.2, 0.25) is 10.0 Å². The molecule has 5 rings (SSSR count). The van der Waals surface area contributed by atoms with E-state index in [9.17, 15) is 9.59 Å². The summed E-state index contributed by atoms with van der Waals surface area (Å²) in [5.74, 6) is -0.104. The van der Waals surface area contributed by atoms with E-state index in [0.717, 1.165) is 5.56 Å². The number of aromatic nitrogens is 1. The highest BCUT2D eigenvalue weighted by atomic mass is 35.5. The highest BCUT2D eigenvalue weighted by Crippen LogP contribution is 2.29. The Labute approximate surface area is 216 Å². The molecule has 1 aromatic heterocycles. The fraction of sp³-hybridized carbons (Fsp3) is 0.0357. The van der Waals surface area contributed by atoms with Crippen molar-refractivity contribution in [1.82, 2.24) is 4.98 Å². The Morgan fingerprint density at radius 1 is 0.750 bits per heavy atom. The molecule has 8 heteroatoms. The van der Waals surface area contributed by atoms with Crippen LogP contribution >= 0.6 is 23.2 Å². The summed E-state index contributed by atoms with van der Waals surface area (Å²) in [6.07, 6.45) is 0. The first kappa shape index (κ1) is 23.6. The lowest BCUT2D eigenvalue weighted by Gasteiger charge is -2.10. The molecule has 0 aliphatic carbocycles. The van der Waals surface area contributed by atoms with Crippen molar-refractivity contribution in [1.29, 1.82) is 0 Å². The van der Waals surface area contributed by atoms with Crippen LogP contribution in [0.3, 0.4) is 0 Å². The Bertz CT molecular complexity index is 1590. The van der Waals surface area contributed by atoms with Crippen LogP contribution < -0.4 is 10.6 Å². The van der Waals surface area contributed by atoms with Crippen molar-refractivity contribution >= 4 is 57.5 Å². The molecular weight excluding hydrogens is 497 g/mol. The van der Waals surface area contributed by atoms with Crippen molar-refractivity contribution in [2.24, 2.45) is 0 Å². The largest absolute Gasteiger partial charge is 0.436 e. The van der Waals surface area contributed by atoms with Crippen LogP contribution in [0.4, 0.5) is 11.4 Å². The lowest BCUT2D eigenvalue weighted by Crippen LogP contribution is -2.12. The molecule has 1 heterocycles. The number of anilines is 2. The Morgan fingerprint density at radius 3 is 2.00 bits per heavy atom. The molecule has 0 aliphatic heterocycles. The molecule has 0 bridgehead atoms. The van der Waals surface area contributed by atoms with Gasteiger partial charge in [-0.1, -0.05) is 29.3 Å². The number of amides is 2. The van der Waals surface area contributed by atoms with E-state index >= 15 is 0 Å². The minimum absolute atomic E-state index is 0.245. The molecule has 0 spiro atoms. The summed E-state index contributed by atoms with van der Waals surface area (Å²) in [7, 11) is 0. The lowest BCUT2D eigenvalue weighted by atomic mass is 10.1. The van der Waals surface area contributed by atoms with E-state index in [0.29, 0.717) is 55.1 Å². The van der Waals surface area contributed by atoms with Crippen LogP contribution in [0.1, 0.15) is 26.3 Å². The molecule has 36 heavy (non-hydrogen) atoms. The highest BCUT2D eigenvalue weighted by Gasteiger charge is 2.14. The normalized spacial score (nSPS) is 10.9. The van der Waals surface area contributed by atoms with Crippen molar-refractivity contribution < 1.29 is 14.0 Å². The smallest absolute Gasteiger partial charge is 0.255 e. The van der Waals surface area contributed by atoms with Crippen molar-refractivity contribution in [3.05, 3.63) is 112 Å². The lowest BCUT2D eigenvalue weighted by molar-refractivity contribution is 0.101. The summed E-state index contributed by atoms with van der Waals surface area (Å²) in [6, 6.07) is 24.1. The first-order valence-electron chi connectivity index (χ1n) is 11.0. The van der Waals surface area contributed by atoms with Gasteiger partial charge >= 0.3 is 0 Å². The molecule has 0 radical (unpaired) electrons. The topological polar surface area (TPSA) is 84.2 Å². The Hall–Kier alpha value is -4.13. The molecule has 0 fully saturated rings. The maximum absolute atomic E-state index is 12.7. The highest BCUT2D eigenvalue weighted by molar-refractivity contribution is 6.31. The number of carbonyl (C=O) groups excluding carboxylic acids is 2. The molecule has 0 saturated carbocycles. The Morgan fingerprint density at radius 2 is 1.36 bits per heavy atom. The quantitative estimate of drug-likeness (QED) is 0.252. The van der Waals surface area contributed by atoms with E-state index in [-0.39, 0.29) is 11.8 Å². The van der Waals surface area contributed by atoms with E-state index in [2.05, 4.69) is 15.6 Å². The zero-order chi connectivity index (χ0) is 25.2. The number of nitrogens with one attached hydrogen (secondary N) is 2. The van der Waals surface area contributed by atoms with Crippen molar-refractivity contribution in [2.75, 3.05) is 10.6 Å². The number of benzene rings is 4. The third-order valence-electron chi connectivity index (χ3n) is 5.59. The number of halogens is 2. The fourth-order valence-electron chi connectivity index (χ4n) is 3.62. The van der Waals surface area contributed by atoms with E-state index in [4.69, 9.17) is 27.6 Å². The predicted molar refractivity (Wildman–Crippen MR) is 143 cm³/mol. The van der Waals surface area contributed by atoms with Gasteiger partial charge in [0.1, 0.15) is 5.52 Å². The maximum Gasteiger partial charge on any atom is 0.255 e. The van der Waals surface area contributed by atoms with Gasteiger partial charge in [0.15, 0.2) is 5.58 Å². The van der Waals surface area contributed by atoms with Gasteiger partial charge in [0.25, 0.3) is 11.8 Å². The van der Waals surface area contributed by atoms with Crippen LogP contribution in [0.5, 0.6) is 0 Å². The molecule has 6 nitrogen and oxygen atoms in total. The summed E-state index contributed by atoms with van der Waals surface area (Å²) in [4.78, 5) is 29.8. The zero-order valence-corrected chi connectivity index (χ0v) is 20.5. The third kappa shape index (κ3) is 5.10. The number of nitrogens with zero attached hydrogens (tertiary/aromatic N) is 1. The zero-order valence-electron chi connectivity index (χ0n) is 19.0. The van der Waals surface area contributed by atoms with Crippen LogP contribution in [0.15, 0.2) is 89.3 Å². The third-order valence-corrected chi connectivity index (χ3v) is 6.09. The number of fused-ring (bicyclic) bond motifs is 1. The van der Waals surface area contributed by atoms with Crippen LogP contribution in [0.25, 0.3) is 22.6 Å². The summed E-state index contributed by atoms with van der Waals surface area (Å²) in [5.41, 5.74) is 4.98. The van der Waals surface area contributed by atoms with Crippen molar-refractivity contribution in [2.45, 2.75) is 6.92 Å². The van der Waals surface area contributed by atoms with Crippen LogP contribution in [-0.2, 0) is 0 Å². The maximum atomic E-state index is 12.7. The van der Waals surface area contributed by atoms with Gasteiger partial charge in [0.05, 0.1) is 0 Å². The number of aryl methyl sites for hydroxylation is 1. The Kier molecular flexibility index (Phi) is 6.46. The van der Waals surface area contributed by atoms with Crippen molar-refractivity contribution in [3.63, 3.8) is 0 Å². The molecular formula is C28H19Cl2N3O3. The second kappa shape index (κ2) is 9.85. The van der Waals surface area contributed by atoms with Crippen molar-refractivity contribution in [3.8, 4) is 11.5 Å². The van der Waals surface area contributed by atoms with Gasteiger partial charge in [0.2, 0.25) is 5.89 Å². The minimum Gasteiger partial charge on any atom is -0.436 e. The molecule has 178 valence electrons. The van der Waals surface area contributed by atoms with Gasteiger partial charge < -0.3 is 15.1 Å². The summed E-state index contributed by atoms with van der Waals surface area (Å²) >= 11 is 11.8. The van der Waals surface area contributed by atoms with Gasteiger partial charge in [-0.15, -0.1) is 0 Å². The van der Waals surface area contributed by atoms with E-state index in [1.54, 1.807) is 66.7 Å². The molecule has 4 aromatic carbocycles. The van der Waals surface area contributed by atoms with Gasteiger partial charge in [-0.2, -0.15) is 0 Å². The second-order valence-corrected chi connectivity index (χ2v) is 9.03. The Balaban J connectivity index is 1.37. The SMILES string of the molecule is Cc1ccc(-c2nc3cc(NC(=O)c4ccc(Cl)cc4)ccc3o2)cc1NC(=O)c1ccc(Cl)cc1. The number of oxazole rings is 1. The molecule has 5 aromatic rings. The number of rotatable bonds is 5. The van der Waals surface area contributed by atoms with E-state index in [1.165, 1.54) is 0 Å². The van der Waals surface area contributed by atoms with Crippen LogP contribution in [-0.4, -0.2) is 16.8 Å². The molecule has 2 N–H and O–H groups in total. The van der Waals surface area contributed by atoms with Gasteiger partial charge in [-0.25, -0.2) is 4.98 Å². The molecule has 0 unspecified atom stereocenters. The molecule has 0 saturated heterocycles. The average molecular weight is 516 g/mol. The number of carbonyl (C=O) groups is 2. The van der Waals surface area contributed by atoms with Gasteiger partial charge in [0, 0.05) is 38.1 Å².